The predicted octanol–water partition coefficient (Wildman–Crippen LogP) is 6.43. The van der Waals surface area contributed by atoms with Crippen LogP contribution in [0.4, 0.5) is 17.1 Å². The first kappa shape index (κ1) is 38.1. The second-order valence-electron chi connectivity index (χ2n) is 13.2. The number of methoxy groups -OCH3 is 2. The molecule has 3 aromatic rings. The topological polar surface area (TPSA) is 102 Å². The Morgan fingerprint density at radius 3 is 2.46 bits per heavy atom. The summed E-state index contributed by atoms with van der Waals surface area (Å²) < 4.78 is 28.6. The van der Waals surface area contributed by atoms with Crippen molar-refractivity contribution in [1.82, 2.24) is 0 Å². The van der Waals surface area contributed by atoms with Gasteiger partial charge in [0.15, 0.2) is 11.5 Å². The van der Waals surface area contributed by atoms with E-state index >= 15 is 0 Å². The quantitative estimate of drug-likeness (QED) is 0.106. The highest BCUT2D eigenvalue weighted by Crippen LogP contribution is 2.42. The van der Waals surface area contributed by atoms with Crippen LogP contribution in [0.5, 0.6) is 11.5 Å². The molecule has 12 heteroatoms. The van der Waals surface area contributed by atoms with E-state index in [0.29, 0.717) is 56.6 Å². The lowest BCUT2D eigenvalue weighted by Crippen LogP contribution is -2.44. The van der Waals surface area contributed by atoms with Gasteiger partial charge < -0.3 is 43.9 Å². The molecule has 0 bridgehead atoms. The molecule has 10 nitrogen and oxygen atoms in total. The molecule has 0 saturated heterocycles. The van der Waals surface area contributed by atoms with Crippen molar-refractivity contribution >= 4 is 44.6 Å². The maximum atomic E-state index is 14.0. The number of nitrogens with zero attached hydrogens (tertiary/aromatic N) is 2. The largest absolute Gasteiger partial charge is 0.493 e. The van der Waals surface area contributed by atoms with Crippen molar-refractivity contribution < 1.29 is 33.6 Å². The summed E-state index contributed by atoms with van der Waals surface area (Å²) in [6.07, 6.45) is 2.89. The summed E-state index contributed by atoms with van der Waals surface area (Å²) in [5.41, 5.74) is 6.11. The Morgan fingerprint density at radius 2 is 1.72 bits per heavy atom. The Balaban J connectivity index is 1.34. The normalized spacial score (nSPS) is 16.7. The smallest absolute Gasteiger partial charge is 0.260 e. The molecule has 272 valence electrons. The molecule has 2 N–H and O–H groups in total. The number of benzene rings is 3. The molecule has 2 aliphatic heterocycles. The Bertz CT molecular complexity index is 1590. The average Bonchev–Trinajstić information content (AvgIpc) is 3.46. The third-order valence-corrected chi connectivity index (χ3v) is 11.5. The number of carbonyl (C=O) groups excluding carboxylic acids is 1. The Morgan fingerprint density at radius 1 is 0.980 bits per heavy atom. The molecule has 0 spiro atoms. The molecule has 2 atom stereocenters. The lowest BCUT2D eigenvalue weighted by atomic mass is 10.0. The number of nitrogens with one attached hydrogen (secondary N) is 1. The van der Waals surface area contributed by atoms with E-state index in [-0.39, 0.29) is 36.0 Å². The molecule has 5 rings (SSSR count). The molecule has 1 amide bonds. The Labute approximate surface area is 304 Å². The van der Waals surface area contributed by atoms with E-state index in [1.165, 1.54) is 5.56 Å². The maximum Gasteiger partial charge on any atom is 0.260 e. The third kappa shape index (κ3) is 9.40. The fourth-order valence-electron chi connectivity index (χ4n) is 6.59. The van der Waals surface area contributed by atoms with Crippen LogP contribution in [0.3, 0.4) is 0 Å². The van der Waals surface area contributed by atoms with E-state index in [4.69, 9.17) is 23.7 Å². The van der Waals surface area contributed by atoms with Gasteiger partial charge in [-0.15, -0.1) is 0 Å². The highest BCUT2D eigenvalue weighted by molar-refractivity contribution is 8.77. The van der Waals surface area contributed by atoms with Gasteiger partial charge in [0.1, 0.15) is 6.61 Å². The van der Waals surface area contributed by atoms with Crippen LogP contribution in [0.15, 0.2) is 54.6 Å². The summed E-state index contributed by atoms with van der Waals surface area (Å²) >= 11 is 0. The van der Waals surface area contributed by atoms with Gasteiger partial charge in [-0.1, -0.05) is 39.8 Å². The van der Waals surface area contributed by atoms with E-state index in [2.05, 4.69) is 49.4 Å². The van der Waals surface area contributed by atoms with Crippen LogP contribution in [0.25, 0.3) is 0 Å². The monoisotopic (exact) mass is 725 g/mol. The second-order valence-corrected chi connectivity index (χ2v) is 16.3. The van der Waals surface area contributed by atoms with Gasteiger partial charge in [0, 0.05) is 48.4 Å². The molecule has 0 aromatic heterocycles. The second kappa shape index (κ2) is 17.9. The molecular formula is C38H51N3O7S2. The minimum atomic E-state index is -0.0974. The van der Waals surface area contributed by atoms with Crippen molar-refractivity contribution in [2.24, 2.45) is 0 Å². The van der Waals surface area contributed by atoms with Crippen molar-refractivity contribution in [3.63, 3.8) is 0 Å². The van der Waals surface area contributed by atoms with E-state index in [0.717, 1.165) is 41.2 Å². The lowest BCUT2D eigenvalue weighted by molar-refractivity contribution is 0.0264. The molecule has 0 saturated carbocycles. The number of rotatable bonds is 19. The number of para-hydroxylation sites is 1. The fraction of sp³-hybridized carbons (Fsp3) is 0.500. The van der Waals surface area contributed by atoms with Gasteiger partial charge in [-0.2, -0.15) is 0 Å². The van der Waals surface area contributed by atoms with E-state index in [1.54, 1.807) is 31.1 Å². The van der Waals surface area contributed by atoms with Gasteiger partial charge in [-0.25, -0.2) is 0 Å². The molecule has 3 aromatic carbocycles. The SMILES string of the molecule is COCCOCCOCCN(CC(C)(C)SSC)c1cc(CO)cc(COc2cc3c(cc2OC)C(=O)N2c4ccccc4C[C@H]2C(C)N3)c1. The molecular weight excluding hydrogens is 675 g/mol. The number of carbonyl (C=O) groups is 1. The first-order valence-corrected chi connectivity index (χ1v) is 19.6. The fourth-order valence-corrected chi connectivity index (χ4v) is 8.76. The minimum absolute atomic E-state index is 0.00387. The van der Waals surface area contributed by atoms with Crippen LogP contribution in [0.2, 0.25) is 0 Å². The van der Waals surface area contributed by atoms with E-state index in [1.807, 2.05) is 52.1 Å². The number of aliphatic hydroxyl groups excluding tert-OH is 1. The number of amides is 1. The zero-order valence-electron chi connectivity index (χ0n) is 30.0. The zero-order chi connectivity index (χ0) is 35.7. The Kier molecular flexibility index (Phi) is 13.6. The molecule has 0 fully saturated rings. The summed E-state index contributed by atoms with van der Waals surface area (Å²) in [5, 5.41) is 13.8. The van der Waals surface area contributed by atoms with Gasteiger partial charge >= 0.3 is 0 Å². The standard InChI is InChI=1S/C38H51N3O7S2/c1-26-34-20-29-9-7-8-10-33(29)41(34)37(43)31-21-35(45-5)36(22-32(31)39-26)48-24-28-17-27(23-42)18-30(19-28)40(25-38(2,3)50-49-6)11-12-46-15-16-47-14-13-44-4/h7-10,17-19,21-22,26,34,39,42H,11-16,20,23-25H2,1-6H3/t26?,34-/m0/s1. The number of aliphatic hydroxyl groups is 1. The molecule has 1 unspecified atom stereocenters. The van der Waals surface area contributed by atoms with Gasteiger partial charge in [0.25, 0.3) is 5.91 Å². The summed E-state index contributed by atoms with van der Waals surface area (Å²) in [7, 11) is 6.83. The molecule has 2 aliphatic rings. The summed E-state index contributed by atoms with van der Waals surface area (Å²) in [5.74, 6) is 0.965. The predicted molar refractivity (Wildman–Crippen MR) is 204 cm³/mol. The van der Waals surface area contributed by atoms with Gasteiger partial charge in [0.2, 0.25) is 0 Å². The molecule has 0 radical (unpaired) electrons. The van der Waals surface area contributed by atoms with Crippen LogP contribution >= 0.6 is 21.6 Å². The number of ether oxygens (including phenoxy) is 5. The van der Waals surface area contributed by atoms with Crippen LogP contribution in [0.1, 0.15) is 47.8 Å². The van der Waals surface area contributed by atoms with Crippen LogP contribution in [-0.2, 0) is 33.8 Å². The highest BCUT2D eigenvalue weighted by Gasteiger charge is 2.41. The van der Waals surface area contributed by atoms with Crippen LogP contribution < -0.4 is 24.6 Å². The number of fused-ring (bicyclic) bond motifs is 4. The van der Waals surface area contributed by atoms with Crippen molar-refractivity contribution in [2.75, 3.05) is 81.7 Å². The van der Waals surface area contributed by atoms with Crippen molar-refractivity contribution in [3.05, 3.63) is 76.9 Å². The van der Waals surface area contributed by atoms with Crippen molar-refractivity contribution in [1.29, 1.82) is 0 Å². The third-order valence-electron chi connectivity index (χ3n) is 8.89. The molecule has 2 heterocycles. The molecule has 50 heavy (non-hydrogen) atoms. The first-order chi connectivity index (χ1) is 24.2. The number of hydrogen-bond donors (Lipinski definition) is 2. The Hall–Kier alpha value is -3.13. The summed E-state index contributed by atoms with van der Waals surface area (Å²) in [6.45, 7) is 10.8. The minimum Gasteiger partial charge on any atom is -0.493 e. The highest BCUT2D eigenvalue weighted by atomic mass is 33.1. The van der Waals surface area contributed by atoms with Gasteiger partial charge in [0.05, 0.1) is 64.0 Å². The lowest BCUT2D eigenvalue weighted by Gasteiger charge is -2.34. The summed E-state index contributed by atoms with van der Waals surface area (Å²) in [4.78, 5) is 18.2. The van der Waals surface area contributed by atoms with Gasteiger partial charge in [-0.3, -0.25) is 4.79 Å². The first-order valence-electron chi connectivity index (χ1n) is 17.1. The summed E-state index contributed by atoms with van der Waals surface area (Å²) in [6, 6.07) is 17.9. The average molecular weight is 726 g/mol. The van der Waals surface area contributed by atoms with E-state index in [9.17, 15) is 9.90 Å². The molecule has 0 aliphatic carbocycles. The zero-order valence-corrected chi connectivity index (χ0v) is 31.7. The van der Waals surface area contributed by atoms with Gasteiger partial charge in [-0.05, 0) is 80.5 Å². The number of anilines is 3. The van der Waals surface area contributed by atoms with Crippen molar-refractivity contribution in [3.8, 4) is 11.5 Å². The van der Waals surface area contributed by atoms with Crippen LogP contribution in [0, 0.1) is 0 Å². The van der Waals surface area contributed by atoms with Crippen LogP contribution in [-0.4, -0.2) is 94.4 Å². The maximum absolute atomic E-state index is 14.0. The van der Waals surface area contributed by atoms with Crippen molar-refractivity contribution in [2.45, 2.75) is 57.2 Å². The number of hydrogen-bond acceptors (Lipinski definition) is 11. The van der Waals surface area contributed by atoms with E-state index < -0.39 is 0 Å².